The highest BCUT2D eigenvalue weighted by Crippen LogP contribution is 2.58. The van der Waals surface area contributed by atoms with Crippen LogP contribution in [0.25, 0.3) is 0 Å². The van der Waals surface area contributed by atoms with Crippen molar-refractivity contribution in [1.29, 1.82) is 0 Å². The van der Waals surface area contributed by atoms with E-state index in [1.807, 2.05) is 6.92 Å². The minimum Gasteiger partial charge on any atom is -0.425 e. The van der Waals surface area contributed by atoms with Gasteiger partial charge in [-0.2, -0.15) is 0 Å². The molecule has 0 spiro atoms. The predicted octanol–water partition coefficient (Wildman–Crippen LogP) is 2.08. The van der Waals surface area contributed by atoms with E-state index in [-0.39, 0.29) is 0 Å². The van der Waals surface area contributed by atoms with Gasteiger partial charge in [0.05, 0.1) is 0 Å². The number of hydrogen-bond acceptors (Lipinski definition) is 4. The van der Waals surface area contributed by atoms with E-state index in [0.29, 0.717) is 11.5 Å². The van der Waals surface area contributed by atoms with Gasteiger partial charge >= 0.3 is 0 Å². The summed E-state index contributed by atoms with van der Waals surface area (Å²) in [5.41, 5.74) is 0.293. The van der Waals surface area contributed by atoms with Gasteiger partial charge in [-0.15, -0.1) is 10.2 Å². The highest BCUT2D eigenvalue weighted by molar-refractivity contribution is 5.18. The molecule has 0 amide bonds. The summed E-state index contributed by atoms with van der Waals surface area (Å²) >= 11 is 0. The summed E-state index contributed by atoms with van der Waals surface area (Å²) in [7, 11) is 0. The van der Waals surface area contributed by atoms with Gasteiger partial charge in [-0.3, -0.25) is 4.90 Å². The zero-order chi connectivity index (χ0) is 12.2. The number of nitrogens with zero attached hydrogens (tertiary/aromatic N) is 3. The lowest BCUT2D eigenvalue weighted by atomic mass is 10.1. The molecule has 0 aromatic carbocycles. The Hall–Kier alpha value is -0.900. The van der Waals surface area contributed by atoms with Gasteiger partial charge in [0.25, 0.3) is 0 Å². The third-order valence-corrected chi connectivity index (χ3v) is 4.21. The van der Waals surface area contributed by atoms with Crippen molar-refractivity contribution in [3.8, 4) is 0 Å². The van der Waals surface area contributed by atoms with Gasteiger partial charge in [-0.05, 0) is 32.6 Å². The molecule has 4 heteroatoms. The Labute approximate surface area is 102 Å². The van der Waals surface area contributed by atoms with Crippen molar-refractivity contribution in [2.45, 2.75) is 45.6 Å². The lowest BCUT2D eigenvalue weighted by molar-refractivity contribution is 0.150. The molecule has 0 bridgehead atoms. The van der Waals surface area contributed by atoms with E-state index in [9.17, 15) is 0 Å². The van der Waals surface area contributed by atoms with Gasteiger partial charge in [-0.25, -0.2) is 0 Å². The van der Waals surface area contributed by atoms with Gasteiger partial charge in [0.15, 0.2) is 0 Å². The molecule has 1 unspecified atom stereocenters. The van der Waals surface area contributed by atoms with Crippen LogP contribution in [0.3, 0.4) is 0 Å². The molecule has 1 aliphatic carbocycles. The van der Waals surface area contributed by atoms with E-state index in [4.69, 9.17) is 4.42 Å². The molecule has 2 aliphatic rings. The van der Waals surface area contributed by atoms with Crippen LogP contribution < -0.4 is 0 Å². The van der Waals surface area contributed by atoms with Crippen molar-refractivity contribution in [2.24, 2.45) is 11.8 Å². The van der Waals surface area contributed by atoms with Crippen molar-refractivity contribution in [3.05, 3.63) is 11.8 Å². The van der Waals surface area contributed by atoms with Crippen LogP contribution in [0.2, 0.25) is 0 Å². The fraction of sp³-hybridized carbons (Fsp3) is 0.846. The Bertz CT molecular complexity index is 409. The Balaban J connectivity index is 1.66. The Morgan fingerprint density at radius 1 is 1.24 bits per heavy atom. The fourth-order valence-corrected chi connectivity index (χ4v) is 2.98. The zero-order valence-electron chi connectivity index (χ0n) is 11.1. The van der Waals surface area contributed by atoms with Crippen molar-refractivity contribution in [1.82, 2.24) is 15.1 Å². The average Bonchev–Trinajstić information content (AvgIpc) is 2.74. The molecule has 4 nitrogen and oxygen atoms in total. The summed E-state index contributed by atoms with van der Waals surface area (Å²) in [6.07, 6.45) is 0.836. The van der Waals surface area contributed by atoms with E-state index < -0.39 is 0 Å². The lowest BCUT2D eigenvalue weighted by Gasteiger charge is -2.33. The van der Waals surface area contributed by atoms with Crippen LogP contribution in [-0.4, -0.2) is 33.7 Å². The number of fused-ring (bicyclic) bond motifs is 1. The molecular formula is C13H21N3O. The van der Waals surface area contributed by atoms with Crippen LogP contribution in [0.15, 0.2) is 4.42 Å². The lowest BCUT2D eigenvalue weighted by Crippen LogP contribution is -2.41. The first kappa shape index (κ1) is 11.2. The number of aryl methyl sites for hydroxylation is 1. The van der Waals surface area contributed by atoms with Crippen LogP contribution >= 0.6 is 0 Å². The van der Waals surface area contributed by atoms with Crippen LogP contribution in [0.1, 0.15) is 45.4 Å². The smallest absolute Gasteiger partial charge is 0.220 e. The molecule has 2 fully saturated rings. The first-order valence-electron chi connectivity index (χ1n) is 6.58. The van der Waals surface area contributed by atoms with E-state index >= 15 is 0 Å². The highest BCUT2D eigenvalue weighted by Gasteiger charge is 2.60. The molecule has 1 aromatic heterocycles. The van der Waals surface area contributed by atoms with Crippen molar-refractivity contribution in [2.75, 3.05) is 13.1 Å². The molecule has 3 rings (SSSR count). The molecule has 1 aliphatic heterocycles. The summed E-state index contributed by atoms with van der Waals surface area (Å²) in [6.45, 7) is 11.3. The minimum atomic E-state index is 0.293. The normalized spacial score (nSPS) is 32.8. The van der Waals surface area contributed by atoms with Gasteiger partial charge in [-0.1, -0.05) is 6.92 Å². The average molecular weight is 235 g/mol. The van der Waals surface area contributed by atoms with Gasteiger partial charge in [0.1, 0.15) is 0 Å². The summed E-state index contributed by atoms with van der Waals surface area (Å²) in [6, 6.07) is 0. The largest absolute Gasteiger partial charge is 0.425 e. The van der Waals surface area contributed by atoms with E-state index in [1.165, 1.54) is 13.1 Å². The van der Waals surface area contributed by atoms with Gasteiger partial charge in [0, 0.05) is 31.0 Å². The third-order valence-electron chi connectivity index (χ3n) is 4.21. The molecule has 1 saturated heterocycles. The number of rotatable bonds is 2. The number of hydrogen-bond donors (Lipinski definition) is 0. The van der Waals surface area contributed by atoms with Crippen LogP contribution in [0.4, 0.5) is 0 Å². The van der Waals surface area contributed by atoms with Crippen LogP contribution in [-0.2, 0) is 6.42 Å². The highest BCUT2D eigenvalue weighted by atomic mass is 16.4. The first-order chi connectivity index (χ1) is 8.00. The summed E-state index contributed by atoms with van der Waals surface area (Å²) < 4.78 is 5.67. The first-order valence-corrected chi connectivity index (χ1v) is 6.58. The van der Waals surface area contributed by atoms with E-state index in [1.54, 1.807) is 0 Å². The van der Waals surface area contributed by atoms with Gasteiger partial charge < -0.3 is 4.42 Å². The van der Waals surface area contributed by atoms with E-state index in [2.05, 4.69) is 35.9 Å². The Morgan fingerprint density at radius 3 is 2.35 bits per heavy atom. The maximum absolute atomic E-state index is 5.67. The second-order valence-electron chi connectivity index (χ2n) is 6.32. The van der Waals surface area contributed by atoms with Gasteiger partial charge in [0.2, 0.25) is 11.8 Å². The van der Waals surface area contributed by atoms with E-state index in [0.717, 1.165) is 30.0 Å². The predicted molar refractivity (Wildman–Crippen MR) is 64.7 cm³/mol. The number of aromatic nitrogens is 2. The maximum Gasteiger partial charge on any atom is 0.220 e. The molecular weight excluding hydrogens is 214 g/mol. The van der Waals surface area contributed by atoms with Crippen molar-refractivity contribution < 1.29 is 4.42 Å². The van der Waals surface area contributed by atoms with Crippen LogP contribution in [0, 0.1) is 11.8 Å². The molecule has 2 heterocycles. The monoisotopic (exact) mass is 235 g/mol. The molecule has 0 N–H and O–H groups in total. The quantitative estimate of drug-likeness (QED) is 0.787. The second-order valence-corrected chi connectivity index (χ2v) is 6.32. The van der Waals surface area contributed by atoms with Crippen molar-refractivity contribution in [3.63, 3.8) is 0 Å². The number of likely N-dealkylation sites (tertiary alicyclic amines) is 1. The Kier molecular flexibility index (Phi) is 2.34. The fourth-order valence-electron chi connectivity index (χ4n) is 2.98. The molecule has 94 valence electrons. The van der Waals surface area contributed by atoms with Crippen LogP contribution in [0.5, 0.6) is 0 Å². The number of piperidine rings is 1. The van der Waals surface area contributed by atoms with Crippen molar-refractivity contribution >= 4 is 0 Å². The summed E-state index contributed by atoms with van der Waals surface area (Å²) in [5, 5.41) is 8.24. The molecule has 3 atom stereocenters. The minimum absolute atomic E-state index is 0.293. The second kappa shape index (κ2) is 3.55. The standard InChI is InChI=1S/C13H21N3O/c1-5-10-14-15-12(17-10)11-8-6-16(7-9(8)11)13(2,3)4/h8-9,11H,5-7H2,1-4H3/t8-,9+,11?. The molecule has 1 saturated carbocycles. The SMILES string of the molecule is CCc1nnc(C2[C@H]3CN(C(C)(C)C)C[C@@H]23)o1. The Morgan fingerprint density at radius 2 is 1.88 bits per heavy atom. The maximum atomic E-state index is 5.67. The topological polar surface area (TPSA) is 42.2 Å². The molecule has 0 radical (unpaired) electrons. The molecule has 17 heavy (non-hydrogen) atoms. The zero-order valence-corrected chi connectivity index (χ0v) is 11.1. The summed E-state index contributed by atoms with van der Waals surface area (Å²) in [4.78, 5) is 2.57. The molecule has 1 aromatic rings. The summed E-state index contributed by atoms with van der Waals surface area (Å²) in [5.74, 6) is 3.70. The third kappa shape index (κ3) is 1.79.